The van der Waals surface area contributed by atoms with Gasteiger partial charge in [-0.3, -0.25) is 4.79 Å². The normalized spacial score (nSPS) is 48.7. The van der Waals surface area contributed by atoms with Crippen LogP contribution in [0.3, 0.4) is 0 Å². The summed E-state index contributed by atoms with van der Waals surface area (Å²) in [5.74, 6) is 1.37. The van der Waals surface area contributed by atoms with Crippen molar-refractivity contribution >= 4 is 5.78 Å². The van der Waals surface area contributed by atoms with Crippen molar-refractivity contribution in [2.45, 2.75) is 102 Å². The van der Waals surface area contributed by atoms with Gasteiger partial charge in [0.2, 0.25) is 0 Å². The van der Waals surface area contributed by atoms with E-state index < -0.39 is 30.7 Å². The van der Waals surface area contributed by atoms with Crippen LogP contribution < -0.4 is 0 Å². The van der Waals surface area contributed by atoms with Crippen molar-refractivity contribution in [1.29, 1.82) is 0 Å². The van der Waals surface area contributed by atoms with E-state index in [-0.39, 0.29) is 11.5 Å². The number of ether oxygens (including phenoxy) is 2. The minimum Gasteiger partial charge on any atom is -0.388 e. The molecular formula is C24H34O6. The summed E-state index contributed by atoms with van der Waals surface area (Å²) in [6.07, 6.45) is 4.59. The van der Waals surface area contributed by atoms with Gasteiger partial charge in [-0.2, -0.15) is 0 Å². The molecule has 6 heteroatoms. The van der Waals surface area contributed by atoms with Gasteiger partial charge in [0.15, 0.2) is 6.29 Å². The topological polar surface area (TPSA) is 96.2 Å². The maximum Gasteiger partial charge on any atom is 0.186 e. The summed E-state index contributed by atoms with van der Waals surface area (Å²) in [5.41, 5.74) is 4.37. The zero-order chi connectivity index (χ0) is 21.2. The highest BCUT2D eigenvalue weighted by Crippen LogP contribution is 2.58. The number of Topliss-reactive ketones (excluding diaryl/α,β-unsaturated/α-hetero) is 1. The van der Waals surface area contributed by atoms with Gasteiger partial charge in [0.05, 0.1) is 12.2 Å². The van der Waals surface area contributed by atoms with Crippen molar-refractivity contribution in [1.82, 2.24) is 0 Å². The van der Waals surface area contributed by atoms with Crippen LogP contribution >= 0.6 is 0 Å². The minimum atomic E-state index is -1.26. The second-order valence-corrected chi connectivity index (χ2v) is 10.2. The monoisotopic (exact) mass is 418 g/mol. The maximum absolute atomic E-state index is 12.5. The third-order valence-corrected chi connectivity index (χ3v) is 8.63. The molecular weight excluding hydrogens is 384 g/mol. The van der Waals surface area contributed by atoms with Gasteiger partial charge in [0.1, 0.15) is 24.1 Å². The van der Waals surface area contributed by atoms with Gasteiger partial charge in [-0.05, 0) is 57.8 Å². The van der Waals surface area contributed by atoms with Crippen molar-refractivity contribution in [3.05, 3.63) is 22.8 Å². The van der Waals surface area contributed by atoms with Crippen molar-refractivity contribution < 1.29 is 29.6 Å². The number of ketones is 1. The van der Waals surface area contributed by atoms with Crippen molar-refractivity contribution in [2.24, 2.45) is 17.3 Å². The van der Waals surface area contributed by atoms with Crippen LogP contribution in [0.25, 0.3) is 0 Å². The molecule has 5 aliphatic rings. The molecule has 1 aliphatic heterocycles. The molecule has 0 aromatic rings. The Morgan fingerprint density at radius 2 is 1.90 bits per heavy atom. The zero-order valence-corrected chi connectivity index (χ0v) is 17.9. The van der Waals surface area contributed by atoms with Gasteiger partial charge >= 0.3 is 0 Å². The number of allylic oxidation sites excluding steroid dienone is 3. The quantitative estimate of drug-likeness (QED) is 0.596. The summed E-state index contributed by atoms with van der Waals surface area (Å²) in [4.78, 5) is 12.5. The molecule has 3 N–H and O–H groups in total. The van der Waals surface area contributed by atoms with E-state index in [1.165, 1.54) is 11.1 Å². The molecule has 9 atom stereocenters. The van der Waals surface area contributed by atoms with Crippen molar-refractivity contribution in [3.8, 4) is 0 Å². The van der Waals surface area contributed by atoms with Crippen LogP contribution in [0.5, 0.6) is 0 Å². The van der Waals surface area contributed by atoms with Crippen LogP contribution in [0.15, 0.2) is 22.8 Å². The Labute approximate surface area is 177 Å². The van der Waals surface area contributed by atoms with E-state index in [2.05, 4.69) is 13.0 Å². The first kappa shape index (κ1) is 20.8. The maximum atomic E-state index is 12.5. The predicted octanol–water partition coefficient (Wildman–Crippen LogP) is 2.41. The molecule has 30 heavy (non-hydrogen) atoms. The molecule has 2 saturated carbocycles. The van der Waals surface area contributed by atoms with E-state index in [1.807, 2.05) is 0 Å². The summed E-state index contributed by atoms with van der Waals surface area (Å²) >= 11 is 0. The molecule has 0 spiro atoms. The fourth-order valence-corrected chi connectivity index (χ4v) is 6.74. The second-order valence-electron chi connectivity index (χ2n) is 10.2. The smallest absolute Gasteiger partial charge is 0.186 e. The van der Waals surface area contributed by atoms with E-state index in [9.17, 15) is 20.1 Å². The Morgan fingerprint density at radius 1 is 1.10 bits per heavy atom. The number of rotatable bonds is 2. The summed E-state index contributed by atoms with van der Waals surface area (Å²) in [5, 5.41) is 30.2. The standard InChI is InChI=1S/C24H34O6/c1-12-20(26)21(27)22(28)23(29-12)30-14-4-6-15-13(11-14)3-5-17-16(15)9-10-24(2)18(17)7-8-19(24)25/h5,12,14,16,18,20-23,26-28H,3-4,6-11H2,1-2H3/t12-,14-,16-,18+,20-,21+,22-,23?,24+/m1/s1. The number of hydrogen-bond donors (Lipinski definition) is 3. The third kappa shape index (κ3) is 3.15. The first-order valence-electron chi connectivity index (χ1n) is 11.6. The van der Waals surface area contributed by atoms with E-state index >= 15 is 0 Å². The summed E-state index contributed by atoms with van der Waals surface area (Å²) in [6.45, 7) is 3.86. The van der Waals surface area contributed by atoms with Gasteiger partial charge < -0.3 is 24.8 Å². The lowest BCUT2D eigenvalue weighted by Crippen LogP contribution is -2.58. The highest BCUT2D eigenvalue weighted by Gasteiger charge is 2.52. The van der Waals surface area contributed by atoms with Crippen LogP contribution in [-0.2, 0) is 14.3 Å². The first-order chi connectivity index (χ1) is 14.3. The molecule has 1 heterocycles. The molecule has 0 aromatic carbocycles. The first-order valence-corrected chi connectivity index (χ1v) is 11.6. The van der Waals surface area contributed by atoms with E-state index in [0.717, 1.165) is 51.4 Å². The van der Waals surface area contributed by atoms with Gasteiger partial charge in [0.25, 0.3) is 0 Å². The minimum absolute atomic E-state index is 0.0603. The number of carbonyl (C=O) groups is 1. The lowest BCUT2D eigenvalue weighted by molar-refractivity contribution is -0.304. The van der Waals surface area contributed by atoms with Gasteiger partial charge in [-0.15, -0.1) is 0 Å². The third-order valence-electron chi connectivity index (χ3n) is 8.63. The average molecular weight is 419 g/mol. The predicted molar refractivity (Wildman–Crippen MR) is 109 cm³/mol. The number of carbonyl (C=O) groups excluding carboxylic acids is 1. The molecule has 166 valence electrons. The Hall–Kier alpha value is -1.05. The fraction of sp³-hybridized carbons (Fsp3) is 0.792. The second kappa shape index (κ2) is 7.52. The summed E-state index contributed by atoms with van der Waals surface area (Å²) < 4.78 is 11.7. The van der Waals surface area contributed by atoms with Crippen molar-refractivity contribution in [3.63, 3.8) is 0 Å². The Morgan fingerprint density at radius 3 is 2.70 bits per heavy atom. The number of hydrogen-bond acceptors (Lipinski definition) is 6. The molecule has 0 aromatic heterocycles. The van der Waals surface area contributed by atoms with Crippen LogP contribution in [0, 0.1) is 17.3 Å². The number of aliphatic hydroxyl groups is 3. The highest BCUT2D eigenvalue weighted by atomic mass is 16.7. The van der Waals surface area contributed by atoms with Crippen LogP contribution in [0.2, 0.25) is 0 Å². The SMILES string of the molecule is C[C@H]1OC(O[C@@H]2CCC3=C(CC=C4[C@@H]3CC[C@]3(C)C(=O)CC[C@@H]43)C2)[C@H](O)[C@@H](O)[C@@H]1O. The molecule has 1 unspecified atom stereocenters. The largest absolute Gasteiger partial charge is 0.388 e. The Kier molecular flexibility index (Phi) is 5.22. The van der Waals surface area contributed by atoms with Gasteiger partial charge in [-0.25, -0.2) is 0 Å². The number of fused-ring (bicyclic) bond motifs is 4. The molecule has 0 bridgehead atoms. The fourth-order valence-electron chi connectivity index (χ4n) is 6.74. The molecule has 3 fully saturated rings. The van der Waals surface area contributed by atoms with Gasteiger partial charge in [-0.1, -0.05) is 29.7 Å². The molecule has 5 rings (SSSR count). The molecule has 0 radical (unpaired) electrons. The van der Waals surface area contributed by atoms with Crippen LogP contribution in [0.4, 0.5) is 0 Å². The lowest BCUT2D eigenvalue weighted by atomic mass is 9.58. The Bertz CT molecular complexity index is 787. The van der Waals surface area contributed by atoms with Crippen LogP contribution in [-0.4, -0.2) is 57.9 Å². The lowest BCUT2D eigenvalue weighted by Gasteiger charge is -2.46. The molecule has 0 amide bonds. The average Bonchev–Trinajstić information content (AvgIpc) is 3.04. The molecule has 4 aliphatic carbocycles. The van der Waals surface area contributed by atoms with E-state index in [1.54, 1.807) is 12.5 Å². The summed E-state index contributed by atoms with van der Waals surface area (Å²) in [6, 6.07) is 0. The van der Waals surface area contributed by atoms with E-state index in [4.69, 9.17) is 9.47 Å². The summed E-state index contributed by atoms with van der Waals surface area (Å²) in [7, 11) is 0. The molecule has 1 saturated heterocycles. The zero-order valence-electron chi connectivity index (χ0n) is 17.9. The van der Waals surface area contributed by atoms with Crippen LogP contribution in [0.1, 0.15) is 65.2 Å². The highest BCUT2D eigenvalue weighted by molar-refractivity contribution is 5.88. The van der Waals surface area contributed by atoms with Gasteiger partial charge in [0, 0.05) is 17.8 Å². The Balaban J connectivity index is 1.27. The molecule has 6 nitrogen and oxygen atoms in total. The van der Waals surface area contributed by atoms with Crippen molar-refractivity contribution in [2.75, 3.05) is 0 Å². The van der Waals surface area contributed by atoms with E-state index in [0.29, 0.717) is 17.6 Å². The number of aliphatic hydroxyl groups excluding tert-OH is 3.